The van der Waals surface area contributed by atoms with Crippen molar-refractivity contribution in [1.82, 2.24) is 10.2 Å². The SMILES string of the molecule is CCCCOC(=O)NC1CCC(C(=O)N2CCc3ccccc3[C@@H]2c2ccc(F)cc2)OC1. The van der Waals surface area contributed by atoms with Gasteiger partial charge in [0.25, 0.3) is 5.91 Å². The Bertz CT molecular complexity index is 957. The van der Waals surface area contributed by atoms with E-state index in [1.54, 1.807) is 12.1 Å². The average molecular weight is 455 g/mol. The largest absolute Gasteiger partial charge is 0.450 e. The van der Waals surface area contributed by atoms with E-state index in [9.17, 15) is 14.0 Å². The highest BCUT2D eigenvalue weighted by Gasteiger charge is 2.37. The van der Waals surface area contributed by atoms with Crippen LogP contribution in [0.1, 0.15) is 55.3 Å². The lowest BCUT2D eigenvalue weighted by molar-refractivity contribution is -0.149. The summed E-state index contributed by atoms with van der Waals surface area (Å²) in [4.78, 5) is 27.3. The van der Waals surface area contributed by atoms with Gasteiger partial charge in [-0.2, -0.15) is 0 Å². The molecule has 0 saturated carbocycles. The van der Waals surface area contributed by atoms with Gasteiger partial charge in [-0.05, 0) is 54.5 Å². The van der Waals surface area contributed by atoms with Gasteiger partial charge in [-0.1, -0.05) is 49.7 Å². The van der Waals surface area contributed by atoms with E-state index in [1.807, 2.05) is 30.0 Å². The summed E-state index contributed by atoms with van der Waals surface area (Å²) in [6.07, 6.45) is 2.72. The van der Waals surface area contributed by atoms with Crippen LogP contribution in [0.15, 0.2) is 48.5 Å². The normalized spacial score (nSPS) is 22.4. The molecule has 6 nitrogen and oxygen atoms in total. The number of hydrogen-bond donors (Lipinski definition) is 1. The zero-order chi connectivity index (χ0) is 23.2. The van der Waals surface area contributed by atoms with Crippen LogP contribution in [0.25, 0.3) is 0 Å². The minimum Gasteiger partial charge on any atom is -0.450 e. The molecular weight excluding hydrogens is 423 g/mol. The van der Waals surface area contributed by atoms with E-state index >= 15 is 0 Å². The van der Waals surface area contributed by atoms with Gasteiger partial charge in [0, 0.05) is 6.54 Å². The molecule has 1 saturated heterocycles. The molecule has 0 bridgehead atoms. The molecule has 3 atom stereocenters. The maximum atomic E-state index is 13.6. The highest BCUT2D eigenvalue weighted by atomic mass is 19.1. The lowest BCUT2D eigenvalue weighted by Crippen LogP contribution is -2.50. The summed E-state index contributed by atoms with van der Waals surface area (Å²) in [6.45, 7) is 3.28. The molecule has 2 heterocycles. The Morgan fingerprint density at radius 2 is 1.94 bits per heavy atom. The van der Waals surface area contributed by atoms with E-state index in [0.717, 1.165) is 30.4 Å². The topological polar surface area (TPSA) is 67.9 Å². The number of hydrogen-bond acceptors (Lipinski definition) is 4. The van der Waals surface area contributed by atoms with Crippen molar-refractivity contribution in [1.29, 1.82) is 0 Å². The summed E-state index contributed by atoms with van der Waals surface area (Å²) in [5.41, 5.74) is 3.14. The van der Waals surface area contributed by atoms with E-state index in [2.05, 4.69) is 11.4 Å². The van der Waals surface area contributed by atoms with Crippen LogP contribution in [0.5, 0.6) is 0 Å². The number of benzene rings is 2. The monoisotopic (exact) mass is 454 g/mol. The summed E-state index contributed by atoms with van der Waals surface area (Å²) >= 11 is 0. The van der Waals surface area contributed by atoms with Crippen molar-refractivity contribution in [2.45, 2.75) is 57.2 Å². The lowest BCUT2D eigenvalue weighted by atomic mass is 9.87. The summed E-state index contributed by atoms with van der Waals surface area (Å²) in [5.74, 6) is -0.370. The molecule has 2 amide bonds. The van der Waals surface area contributed by atoms with Gasteiger partial charge < -0.3 is 19.7 Å². The van der Waals surface area contributed by atoms with E-state index in [0.29, 0.717) is 26.0 Å². The maximum absolute atomic E-state index is 13.6. The standard InChI is InChI=1S/C26H31FN2O4/c1-2-3-16-32-26(31)28-21-12-13-23(33-17-21)25(30)29-15-14-18-6-4-5-7-22(18)24(29)19-8-10-20(27)11-9-19/h4-11,21,23-24H,2-3,12-17H2,1H3,(H,28,31)/t21?,23?,24-/m0/s1. The first-order valence-electron chi connectivity index (χ1n) is 11.8. The number of nitrogens with one attached hydrogen (secondary N) is 1. The van der Waals surface area contributed by atoms with Crippen molar-refractivity contribution in [3.05, 3.63) is 71.0 Å². The fraction of sp³-hybridized carbons (Fsp3) is 0.462. The van der Waals surface area contributed by atoms with E-state index in [4.69, 9.17) is 9.47 Å². The molecule has 2 aliphatic rings. The number of halogens is 1. The highest BCUT2D eigenvalue weighted by Crippen LogP contribution is 2.36. The van der Waals surface area contributed by atoms with Gasteiger partial charge >= 0.3 is 6.09 Å². The van der Waals surface area contributed by atoms with Crippen molar-refractivity contribution in [2.75, 3.05) is 19.8 Å². The summed E-state index contributed by atoms with van der Waals surface area (Å²) in [7, 11) is 0. The number of rotatable bonds is 6. The number of nitrogens with zero attached hydrogens (tertiary/aromatic N) is 1. The zero-order valence-corrected chi connectivity index (χ0v) is 19.0. The second-order valence-electron chi connectivity index (χ2n) is 8.66. The maximum Gasteiger partial charge on any atom is 0.407 e. The third kappa shape index (κ3) is 5.53. The summed E-state index contributed by atoms with van der Waals surface area (Å²) in [6, 6.07) is 14.0. The van der Waals surface area contributed by atoms with Gasteiger partial charge in [0.1, 0.15) is 11.9 Å². The number of carbonyl (C=O) groups is 2. The van der Waals surface area contributed by atoms with Crippen molar-refractivity contribution in [3.8, 4) is 0 Å². The van der Waals surface area contributed by atoms with Gasteiger partial charge in [-0.25, -0.2) is 9.18 Å². The number of alkyl carbamates (subject to hydrolysis) is 1. The zero-order valence-electron chi connectivity index (χ0n) is 19.0. The molecular formula is C26H31FN2O4. The van der Waals surface area contributed by atoms with E-state index < -0.39 is 12.2 Å². The Kier molecular flexibility index (Phi) is 7.60. The molecule has 4 rings (SSSR count). The van der Waals surface area contributed by atoms with Crippen molar-refractivity contribution in [2.24, 2.45) is 0 Å². The smallest absolute Gasteiger partial charge is 0.407 e. The molecule has 2 aliphatic heterocycles. The molecule has 1 fully saturated rings. The van der Waals surface area contributed by atoms with Crippen LogP contribution in [-0.2, 0) is 20.7 Å². The number of carbonyl (C=O) groups excluding carboxylic acids is 2. The van der Waals surface area contributed by atoms with Crippen LogP contribution in [0, 0.1) is 5.82 Å². The minimum atomic E-state index is -0.563. The Morgan fingerprint density at radius 3 is 2.67 bits per heavy atom. The quantitative estimate of drug-likeness (QED) is 0.658. The van der Waals surface area contributed by atoms with Gasteiger partial charge in [0.05, 0.1) is 25.3 Å². The van der Waals surface area contributed by atoms with Crippen molar-refractivity contribution in [3.63, 3.8) is 0 Å². The predicted octanol–water partition coefficient (Wildman–Crippen LogP) is 4.37. The van der Waals surface area contributed by atoms with Crippen molar-refractivity contribution >= 4 is 12.0 Å². The molecule has 2 aromatic carbocycles. The van der Waals surface area contributed by atoms with Crippen LogP contribution in [0.3, 0.4) is 0 Å². The van der Waals surface area contributed by atoms with Crippen LogP contribution in [-0.4, -0.2) is 48.8 Å². The Hall–Kier alpha value is -2.93. The minimum absolute atomic E-state index is 0.0669. The molecule has 1 N–H and O–H groups in total. The molecule has 2 aromatic rings. The van der Waals surface area contributed by atoms with Crippen LogP contribution in [0.2, 0.25) is 0 Å². The van der Waals surface area contributed by atoms with Crippen LogP contribution < -0.4 is 5.32 Å². The van der Waals surface area contributed by atoms with Gasteiger partial charge in [-0.3, -0.25) is 4.79 Å². The lowest BCUT2D eigenvalue weighted by Gasteiger charge is -2.40. The van der Waals surface area contributed by atoms with Gasteiger partial charge in [0.15, 0.2) is 0 Å². The van der Waals surface area contributed by atoms with Gasteiger partial charge in [0.2, 0.25) is 0 Å². The molecule has 0 aliphatic carbocycles. The van der Waals surface area contributed by atoms with Crippen molar-refractivity contribution < 1.29 is 23.5 Å². The molecule has 0 spiro atoms. The first kappa shape index (κ1) is 23.2. The number of unbranched alkanes of at least 4 members (excludes halogenated alkanes) is 1. The first-order chi connectivity index (χ1) is 16.1. The number of ether oxygens (including phenoxy) is 2. The van der Waals surface area contributed by atoms with Crippen LogP contribution in [0.4, 0.5) is 9.18 Å². The van der Waals surface area contributed by atoms with E-state index in [1.165, 1.54) is 17.7 Å². The first-order valence-corrected chi connectivity index (χ1v) is 11.8. The highest BCUT2D eigenvalue weighted by molar-refractivity contribution is 5.82. The third-order valence-corrected chi connectivity index (χ3v) is 6.36. The molecule has 2 unspecified atom stereocenters. The Labute approximate surface area is 194 Å². The molecule has 0 aromatic heterocycles. The second kappa shape index (κ2) is 10.8. The fourth-order valence-electron chi connectivity index (χ4n) is 4.57. The molecule has 0 radical (unpaired) electrons. The third-order valence-electron chi connectivity index (χ3n) is 6.36. The molecule has 7 heteroatoms. The average Bonchev–Trinajstić information content (AvgIpc) is 2.84. The Balaban J connectivity index is 1.43. The van der Waals surface area contributed by atoms with Gasteiger partial charge in [-0.15, -0.1) is 0 Å². The summed E-state index contributed by atoms with van der Waals surface area (Å²) < 4.78 is 24.6. The fourth-order valence-corrected chi connectivity index (χ4v) is 4.57. The van der Waals surface area contributed by atoms with E-state index in [-0.39, 0.29) is 30.4 Å². The predicted molar refractivity (Wildman–Crippen MR) is 122 cm³/mol. The number of amides is 2. The Morgan fingerprint density at radius 1 is 1.15 bits per heavy atom. The summed E-state index contributed by atoms with van der Waals surface area (Å²) in [5, 5.41) is 2.82. The second-order valence-corrected chi connectivity index (χ2v) is 8.66. The number of fused-ring (bicyclic) bond motifs is 1. The molecule has 33 heavy (non-hydrogen) atoms. The molecule has 176 valence electrons. The van der Waals surface area contributed by atoms with Crippen LogP contribution >= 0.6 is 0 Å².